The highest BCUT2D eigenvalue weighted by Crippen LogP contribution is 2.21. The van der Waals surface area contributed by atoms with Gasteiger partial charge in [0.05, 0.1) is 25.0 Å². The number of ether oxygens (including phenoxy) is 1. The fourth-order valence-corrected chi connectivity index (χ4v) is 2.83. The quantitative estimate of drug-likeness (QED) is 0.653. The van der Waals surface area contributed by atoms with Crippen LogP contribution in [-0.2, 0) is 24.8 Å². The first kappa shape index (κ1) is 17.5. The lowest BCUT2D eigenvalue weighted by Gasteiger charge is -2.34. The Morgan fingerprint density at radius 1 is 1.44 bits per heavy atom. The standard InChI is InChI=1S/C17H26N6O2/c1-4-14-8-15(25-21-14)10-19-17(18-5-2)23-6-7-24-16(12-23)13-9-20-22(3)11-13/h8-9,11,16H,4-7,10,12H2,1-3H3,(H,18,19). The first-order chi connectivity index (χ1) is 12.2. The minimum atomic E-state index is 0.00304. The third-order valence-corrected chi connectivity index (χ3v) is 4.15. The van der Waals surface area contributed by atoms with Gasteiger partial charge >= 0.3 is 0 Å². The Morgan fingerprint density at radius 3 is 3.00 bits per heavy atom. The summed E-state index contributed by atoms with van der Waals surface area (Å²) in [6, 6.07) is 1.96. The number of nitrogens with one attached hydrogen (secondary N) is 1. The molecule has 25 heavy (non-hydrogen) atoms. The number of aryl methyl sites for hydroxylation is 2. The van der Waals surface area contributed by atoms with E-state index in [-0.39, 0.29) is 6.10 Å². The molecule has 1 N–H and O–H groups in total. The van der Waals surface area contributed by atoms with E-state index in [0.29, 0.717) is 13.2 Å². The van der Waals surface area contributed by atoms with Crippen LogP contribution in [0.1, 0.15) is 37.0 Å². The lowest BCUT2D eigenvalue weighted by Crippen LogP contribution is -2.48. The van der Waals surface area contributed by atoms with Crippen LogP contribution >= 0.6 is 0 Å². The summed E-state index contributed by atoms with van der Waals surface area (Å²) in [6.45, 7) is 7.62. The molecule has 2 aromatic rings. The van der Waals surface area contributed by atoms with Gasteiger partial charge in [0, 0.05) is 38.0 Å². The summed E-state index contributed by atoms with van der Waals surface area (Å²) in [6.07, 6.45) is 4.73. The summed E-state index contributed by atoms with van der Waals surface area (Å²) in [4.78, 5) is 6.93. The number of nitrogens with zero attached hydrogens (tertiary/aromatic N) is 5. The van der Waals surface area contributed by atoms with E-state index in [1.165, 1.54) is 0 Å². The minimum absolute atomic E-state index is 0.00304. The zero-order chi connectivity index (χ0) is 17.6. The molecule has 0 radical (unpaired) electrons. The van der Waals surface area contributed by atoms with Gasteiger partial charge in [0.2, 0.25) is 0 Å². The summed E-state index contributed by atoms with van der Waals surface area (Å²) in [5, 5.41) is 11.6. The number of hydrogen-bond acceptors (Lipinski definition) is 5. The van der Waals surface area contributed by atoms with Crippen LogP contribution in [-0.4, -0.2) is 52.0 Å². The van der Waals surface area contributed by atoms with Gasteiger partial charge < -0.3 is 19.5 Å². The number of hydrogen-bond donors (Lipinski definition) is 1. The number of aliphatic imine (C=N–C) groups is 1. The topological polar surface area (TPSA) is 80.7 Å². The Bertz CT molecular complexity index is 708. The molecule has 3 rings (SSSR count). The molecule has 0 bridgehead atoms. The van der Waals surface area contributed by atoms with Gasteiger partial charge in [-0.25, -0.2) is 4.99 Å². The molecular formula is C17H26N6O2. The van der Waals surface area contributed by atoms with Crippen molar-refractivity contribution >= 4 is 5.96 Å². The van der Waals surface area contributed by atoms with E-state index < -0.39 is 0 Å². The van der Waals surface area contributed by atoms with E-state index in [4.69, 9.17) is 14.3 Å². The highest BCUT2D eigenvalue weighted by Gasteiger charge is 2.25. The van der Waals surface area contributed by atoms with Gasteiger partial charge in [-0.15, -0.1) is 0 Å². The molecule has 1 aliphatic heterocycles. The maximum atomic E-state index is 5.91. The molecule has 1 aliphatic rings. The summed E-state index contributed by atoms with van der Waals surface area (Å²) < 4.78 is 13.0. The molecule has 2 aromatic heterocycles. The summed E-state index contributed by atoms with van der Waals surface area (Å²) in [5.74, 6) is 1.65. The van der Waals surface area contributed by atoms with E-state index in [9.17, 15) is 0 Å². The smallest absolute Gasteiger partial charge is 0.194 e. The molecule has 0 saturated carbocycles. The van der Waals surface area contributed by atoms with Crippen molar-refractivity contribution in [1.82, 2.24) is 25.2 Å². The molecule has 0 amide bonds. The Balaban J connectivity index is 1.69. The zero-order valence-electron chi connectivity index (χ0n) is 15.1. The maximum absolute atomic E-state index is 5.91. The third-order valence-electron chi connectivity index (χ3n) is 4.15. The van der Waals surface area contributed by atoms with Crippen LogP contribution < -0.4 is 5.32 Å². The van der Waals surface area contributed by atoms with Crippen molar-refractivity contribution in [3.63, 3.8) is 0 Å². The second-order valence-corrected chi connectivity index (χ2v) is 6.06. The molecule has 1 fully saturated rings. The number of morpholine rings is 1. The zero-order valence-corrected chi connectivity index (χ0v) is 15.1. The third kappa shape index (κ3) is 4.39. The molecule has 0 spiro atoms. The Hall–Kier alpha value is -2.35. The number of rotatable bonds is 5. The van der Waals surface area contributed by atoms with Crippen molar-refractivity contribution in [3.05, 3.63) is 35.5 Å². The van der Waals surface area contributed by atoms with Crippen LogP contribution in [0.2, 0.25) is 0 Å². The van der Waals surface area contributed by atoms with E-state index in [1.54, 1.807) is 4.68 Å². The molecule has 1 saturated heterocycles. The first-order valence-electron chi connectivity index (χ1n) is 8.77. The molecule has 1 unspecified atom stereocenters. The highest BCUT2D eigenvalue weighted by atomic mass is 16.5. The van der Waals surface area contributed by atoms with E-state index in [1.807, 2.05) is 25.5 Å². The molecule has 136 valence electrons. The van der Waals surface area contributed by atoms with Crippen molar-refractivity contribution in [1.29, 1.82) is 0 Å². The minimum Gasteiger partial charge on any atom is -0.370 e. The van der Waals surface area contributed by atoms with E-state index in [2.05, 4.69) is 34.3 Å². The number of guanidine groups is 1. The van der Waals surface area contributed by atoms with Crippen LogP contribution in [0.4, 0.5) is 0 Å². The predicted molar refractivity (Wildman–Crippen MR) is 94.2 cm³/mol. The van der Waals surface area contributed by atoms with Crippen molar-refractivity contribution in [2.45, 2.75) is 32.9 Å². The van der Waals surface area contributed by atoms with Crippen LogP contribution in [0.15, 0.2) is 28.0 Å². The molecule has 1 atom stereocenters. The van der Waals surface area contributed by atoms with Crippen molar-refractivity contribution in [2.75, 3.05) is 26.2 Å². The van der Waals surface area contributed by atoms with Crippen molar-refractivity contribution in [2.24, 2.45) is 12.0 Å². The fraction of sp³-hybridized carbons (Fsp3) is 0.588. The fourth-order valence-electron chi connectivity index (χ4n) is 2.83. The van der Waals surface area contributed by atoms with Gasteiger partial charge in [0.15, 0.2) is 11.7 Å². The van der Waals surface area contributed by atoms with Gasteiger partial charge in [0.25, 0.3) is 0 Å². The summed E-state index contributed by atoms with van der Waals surface area (Å²) >= 11 is 0. The molecule has 8 heteroatoms. The Labute approximate surface area is 147 Å². The van der Waals surface area contributed by atoms with Crippen molar-refractivity contribution < 1.29 is 9.26 Å². The van der Waals surface area contributed by atoms with Gasteiger partial charge in [-0.3, -0.25) is 4.68 Å². The molecule has 8 nitrogen and oxygen atoms in total. The molecule has 0 aromatic carbocycles. The second kappa shape index (κ2) is 8.15. The van der Waals surface area contributed by atoms with Crippen LogP contribution in [0.5, 0.6) is 0 Å². The summed E-state index contributed by atoms with van der Waals surface area (Å²) in [5.41, 5.74) is 2.05. The monoisotopic (exact) mass is 346 g/mol. The molecule has 0 aliphatic carbocycles. The van der Waals surface area contributed by atoms with E-state index >= 15 is 0 Å². The van der Waals surface area contributed by atoms with E-state index in [0.717, 1.165) is 49.0 Å². The maximum Gasteiger partial charge on any atom is 0.194 e. The SMILES string of the molecule is CCNC(=NCc1cc(CC)no1)N1CCOC(c2cnn(C)c2)C1. The lowest BCUT2D eigenvalue weighted by molar-refractivity contribution is -0.00806. The van der Waals surface area contributed by atoms with Crippen LogP contribution in [0.3, 0.4) is 0 Å². The van der Waals surface area contributed by atoms with Gasteiger partial charge in [0.1, 0.15) is 12.6 Å². The summed E-state index contributed by atoms with van der Waals surface area (Å²) in [7, 11) is 1.91. The normalized spacial score (nSPS) is 18.6. The van der Waals surface area contributed by atoms with Gasteiger partial charge in [-0.2, -0.15) is 5.10 Å². The largest absolute Gasteiger partial charge is 0.370 e. The predicted octanol–water partition coefficient (Wildman–Crippen LogP) is 1.51. The average Bonchev–Trinajstić information content (AvgIpc) is 3.27. The first-order valence-corrected chi connectivity index (χ1v) is 8.77. The van der Waals surface area contributed by atoms with Crippen molar-refractivity contribution in [3.8, 4) is 0 Å². The second-order valence-electron chi connectivity index (χ2n) is 6.06. The van der Waals surface area contributed by atoms with Gasteiger partial charge in [-0.05, 0) is 13.3 Å². The molecular weight excluding hydrogens is 320 g/mol. The highest BCUT2D eigenvalue weighted by molar-refractivity contribution is 5.80. The number of aromatic nitrogens is 3. The van der Waals surface area contributed by atoms with Crippen LogP contribution in [0.25, 0.3) is 0 Å². The van der Waals surface area contributed by atoms with Crippen LogP contribution in [0, 0.1) is 0 Å². The lowest BCUT2D eigenvalue weighted by atomic mass is 10.1. The Morgan fingerprint density at radius 2 is 2.32 bits per heavy atom. The van der Waals surface area contributed by atoms with Gasteiger partial charge in [-0.1, -0.05) is 12.1 Å². The molecule has 3 heterocycles. The Kier molecular flexibility index (Phi) is 5.70. The average molecular weight is 346 g/mol.